The van der Waals surface area contributed by atoms with Gasteiger partial charge in [0.15, 0.2) is 0 Å². The number of amides is 2. The Balaban J connectivity index is 1.78. The van der Waals surface area contributed by atoms with Crippen molar-refractivity contribution in [2.75, 3.05) is 12.0 Å². The molecule has 2 aromatic carbocycles. The van der Waals surface area contributed by atoms with Crippen LogP contribution in [0.15, 0.2) is 54.6 Å². The summed E-state index contributed by atoms with van der Waals surface area (Å²) in [4.78, 5) is 54.8. The van der Waals surface area contributed by atoms with E-state index in [4.69, 9.17) is 14.2 Å². The van der Waals surface area contributed by atoms with E-state index in [0.717, 1.165) is 5.56 Å². The molecule has 0 saturated heterocycles. The number of benzene rings is 2. The van der Waals surface area contributed by atoms with E-state index in [1.54, 1.807) is 32.9 Å². The predicted octanol–water partition coefficient (Wildman–Crippen LogP) is 5.20. The molecule has 1 N–H and O–H groups in total. The fourth-order valence-electron chi connectivity index (χ4n) is 4.93. The van der Waals surface area contributed by atoms with E-state index in [-0.39, 0.29) is 24.8 Å². The topological polar surface area (TPSA) is 116 Å². The molecule has 0 aliphatic carbocycles. The highest BCUT2D eigenvalue weighted by molar-refractivity contribution is 6.08. The van der Waals surface area contributed by atoms with Crippen LogP contribution in [0.4, 0.5) is 15.4 Å². The third-order valence-electron chi connectivity index (χ3n) is 7.14. The fourth-order valence-corrected chi connectivity index (χ4v) is 4.93. The molecule has 10 nitrogen and oxygen atoms in total. The molecule has 1 aliphatic rings. The van der Waals surface area contributed by atoms with Gasteiger partial charge in [0, 0.05) is 17.4 Å². The Morgan fingerprint density at radius 2 is 1.66 bits per heavy atom. The molecule has 0 saturated carbocycles. The average Bonchev–Trinajstić information content (AvgIpc) is 3.48. The van der Waals surface area contributed by atoms with Crippen LogP contribution in [0.5, 0.6) is 0 Å². The second-order valence-electron chi connectivity index (χ2n) is 11.2. The van der Waals surface area contributed by atoms with E-state index in [1.165, 1.54) is 16.6 Å². The van der Waals surface area contributed by atoms with Crippen molar-refractivity contribution in [1.82, 2.24) is 9.88 Å². The number of anilines is 1. The minimum Gasteiger partial charge on any atom is -0.467 e. The zero-order valence-corrected chi connectivity index (χ0v) is 24.3. The summed E-state index contributed by atoms with van der Waals surface area (Å²) in [5.74, 6) is -1.15. The molecule has 0 fully saturated rings. The van der Waals surface area contributed by atoms with Crippen molar-refractivity contribution in [3.05, 3.63) is 65.7 Å². The fraction of sp³-hybridized carbons (Fsp3) is 0.419. The molecular formula is C31H37N3O7. The first-order chi connectivity index (χ1) is 19.5. The van der Waals surface area contributed by atoms with Crippen molar-refractivity contribution in [2.45, 2.75) is 71.8 Å². The minimum atomic E-state index is -1.08. The first kappa shape index (κ1) is 29.6. The zero-order chi connectivity index (χ0) is 29.9. The van der Waals surface area contributed by atoms with E-state index < -0.39 is 41.7 Å². The standard InChI is InChI=1S/C31H37N3O7/c1-7-19(2)25(28(36)39-6)32-26(35)24-17-22-21-15-11-12-16-23(21)33(27(22)34(24)30(38)41-31(3,4)5)29(37)40-18-20-13-9-8-10-14-20/h8-16,19,24-25H,7,17-18H2,1-6H3,(H,32,35)/t19-,24-,25-/m0/s1. The molecule has 1 aliphatic heterocycles. The largest absolute Gasteiger partial charge is 0.467 e. The number of ether oxygens (including phenoxy) is 3. The van der Waals surface area contributed by atoms with Crippen LogP contribution in [-0.2, 0) is 36.8 Å². The molecule has 218 valence electrons. The normalized spacial score (nSPS) is 16.0. The van der Waals surface area contributed by atoms with E-state index >= 15 is 0 Å². The highest BCUT2D eigenvalue weighted by atomic mass is 16.6. The summed E-state index contributed by atoms with van der Waals surface area (Å²) in [5, 5.41) is 3.49. The molecule has 4 rings (SSSR count). The number of carbonyl (C=O) groups excluding carboxylic acids is 4. The number of nitrogens with zero attached hydrogens (tertiary/aromatic N) is 2. The van der Waals surface area contributed by atoms with Gasteiger partial charge >= 0.3 is 18.2 Å². The lowest BCUT2D eigenvalue weighted by molar-refractivity contribution is -0.146. The van der Waals surface area contributed by atoms with Crippen LogP contribution in [0.3, 0.4) is 0 Å². The van der Waals surface area contributed by atoms with Gasteiger partial charge in [-0.15, -0.1) is 0 Å². The van der Waals surface area contributed by atoms with Crippen LogP contribution >= 0.6 is 0 Å². The van der Waals surface area contributed by atoms with Gasteiger partial charge in [-0.2, -0.15) is 0 Å². The number of rotatable bonds is 7. The summed E-state index contributed by atoms with van der Waals surface area (Å²) in [7, 11) is 1.26. The number of aromatic nitrogens is 1. The van der Waals surface area contributed by atoms with Crippen LogP contribution in [0, 0.1) is 5.92 Å². The Bertz CT molecular complexity index is 1440. The lowest BCUT2D eigenvalue weighted by atomic mass is 9.98. The Morgan fingerprint density at radius 3 is 2.29 bits per heavy atom. The second kappa shape index (κ2) is 12.0. The highest BCUT2D eigenvalue weighted by Gasteiger charge is 2.46. The van der Waals surface area contributed by atoms with Gasteiger partial charge < -0.3 is 19.5 Å². The predicted molar refractivity (Wildman–Crippen MR) is 154 cm³/mol. The van der Waals surface area contributed by atoms with Gasteiger partial charge in [-0.3, -0.25) is 4.79 Å². The van der Waals surface area contributed by atoms with E-state index in [2.05, 4.69) is 5.32 Å². The maximum Gasteiger partial charge on any atom is 0.420 e. The molecule has 0 unspecified atom stereocenters. The van der Waals surface area contributed by atoms with E-state index in [9.17, 15) is 19.2 Å². The molecule has 41 heavy (non-hydrogen) atoms. The maximum atomic E-state index is 13.8. The van der Waals surface area contributed by atoms with E-state index in [0.29, 0.717) is 22.9 Å². The van der Waals surface area contributed by atoms with Crippen LogP contribution in [0.1, 0.15) is 52.2 Å². The van der Waals surface area contributed by atoms with Crippen molar-refractivity contribution >= 4 is 40.8 Å². The van der Waals surface area contributed by atoms with Crippen LogP contribution in [0.2, 0.25) is 0 Å². The Kier molecular flexibility index (Phi) is 8.70. The first-order valence-corrected chi connectivity index (χ1v) is 13.7. The van der Waals surface area contributed by atoms with Crippen molar-refractivity contribution in [3.8, 4) is 0 Å². The quantitative estimate of drug-likeness (QED) is 0.310. The number of hydrogen-bond donors (Lipinski definition) is 1. The summed E-state index contributed by atoms with van der Waals surface area (Å²) in [6, 6.07) is 14.5. The van der Waals surface area contributed by atoms with Crippen molar-refractivity contribution in [2.24, 2.45) is 5.92 Å². The summed E-state index contributed by atoms with van der Waals surface area (Å²) in [6.45, 7) is 8.92. The van der Waals surface area contributed by atoms with E-state index in [1.807, 2.05) is 56.3 Å². The average molecular weight is 564 g/mol. The smallest absolute Gasteiger partial charge is 0.420 e. The van der Waals surface area contributed by atoms with Gasteiger partial charge in [-0.25, -0.2) is 23.9 Å². The molecule has 2 heterocycles. The number of methoxy groups -OCH3 is 1. The van der Waals surface area contributed by atoms with Gasteiger partial charge in [-0.1, -0.05) is 68.8 Å². The van der Waals surface area contributed by atoms with Crippen molar-refractivity contribution in [3.63, 3.8) is 0 Å². The molecule has 0 spiro atoms. The Hall–Kier alpha value is -4.34. The number of nitrogens with one attached hydrogen (secondary N) is 1. The number of fused-ring (bicyclic) bond motifs is 3. The lowest BCUT2D eigenvalue weighted by Crippen LogP contribution is -2.55. The number of para-hydroxylation sites is 1. The summed E-state index contributed by atoms with van der Waals surface area (Å²) < 4.78 is 17.6. The molecule has 3 aromatic rings. The number of hydrogen-bond acceptors (Lipinski definition) is 7. The molecule has 0 radical (unpaired) electrons. The minimum absolute atomic E-state index is 0.0209. The Morgan fingerprint density at radius 1 is 1.00 bits per heavy atom. The van der Waals surface area contributed by atoms with Crippen molar-refractivity contribution in [1.29, 1.82) is 0 Å². The molecule has 0 bridgehead atoms. The van der Waals surface area contributed by atoms with Gasteiger partial charge in [0.1, 0.15) is 30.1 Å². The number of esters is 1. The molecular weight excluding hydrogens is 526 g/mol. The van der Waals surface area contributed by atoms with Gasteiger partial charge in [0.05, 0.1) is 12.6 Å². The van der Waals surface area contributed by atoms with Crippen LogP contribution < -0.4 is 10.2 Å². The van der Waals surface area contributed by atoms with Crippen LogP contribution in [0.25, 0.3) is 10.9 Å². The van der Waals surface area contributed by atoms with Crippen LogP contribution in [-0.4, -0.2) is 53.4 Å². The highest BCUT2D eigenvalue weighted by Crippen LogP contribution is 2.41. The summed E-state index contributed by atoms with van der Waals surface area (Å²) in [5.41, 5.74) is 1.09. The molecule has 2 amide bonds. The second-order valence-corrected chi connectivity index (χ2v) is 11.2. The third-order valence-corrected chi connectivity index (χ3v) is 7.14. The molecule has 1 aromatic heterocycles. The molecule has 10 heteroatoms. The lowest BCUT2D eigenvalue weighted by Gasteiger charge is -2.30. The monoisotopic (exact) mass is 563 g/mol. The van der Waals surface area contributed by atoms with Gasteiger partial charge in [0.25, 0.3) is 0 Å². The SMILES string of the molecule is CC[C@H](C)[C@H](NC(=O)[C@@H]1Cc2c(n(C(=O)OCc3ccccc3)c3ccccc23)N1C(=O)OC(C)(C)C)C(=O)OC. The van der Waals surface area contributed by atoms with Crippen molar-refractivity contribution < 1.29 is 33.4 Å². The van der Waals surface area contributed by atoms with Gasteiger partial charge in [0.2, 0.25) is 5.91 Å². The third kappa shape index (κ3) is 6.21. The number of carbonyl (C=O) groups is 4. The zero-order valence-electron chi connectivity index (χ0n) is 24.3. The van der Waals surface area contributed by atoms with Gasteiger partial charge in [-0.05, 0) is 38.3 Å². The molecule has 3 atom stereocenters. The summed E-state index contributed by atoms with van der Waals surface area (Å²) >= 11 is 0. The first-order valence-electron chi connectivity index (χ1n) is 13.7. The summed E-state index contributed by atoms with van der Waals surface area (Å²) in [6.07, 6.45) is -0.778. The Labute approximate surface area is 239 Å². The maximum absolute atomic E-state index is 13.8.